The van der Waals surface area contributed by atoms with Crippen LogP contribution in [0.25, 0.3) is 0 Å². The Morgan fingerprint density at radius 3 is 3.00 bits per heavy atom. The van der Waals surface area contributed by atoms with Crippen LogP contribution in [0.5, 0.6) is 11.5 Å². The van der Waals surface area contributed by atoms with Crippen LogP contribution in [-0.4, -0.2) is 38.9 Å². The van der Waals surface area contributed by atoms with Gasteiger partial charge in [0.25, 0.3) is 0 Å². The van der Waals surface area contributed by atoms with Crippen molar-refractivity contribution < 1.29 is 19.0 Å². The number of hydrogen-bond acceptors (Lipinski definition) is 4. The molecule has 2 rings (SSSR count). The maximum atomic E-state index is 11.6. The zero-order chi connectivity index (χ0) is 15.2. The molecule has 5 heteroatoms. The summed E-state index contributed by atoms with van der Waals surface area (Å²) < 4.78 is 16.2. The lowest BCUT2D eigenvalue weighted by atomic mass is 9.96. The van der Waals surface area contributed by atoms with E-state index in [0.717, 1.165) is 23.5 Å². The van der Waals surface area contributed by atoms with Gasteiger partial charge in [0.1, 0.15) is 18.1 Å². The third kappa shape index (κ3) is 4.63. The van der Waals surface area contributed by atoms with Crippen LogP contribution >= 0.6 is 0 Å². The minimum absolute atomic E-state index is 0.0654. The molecule has 1 N–H and O–H groups in total. The van der Waals surface area contributed by atoms with Crippen LogP contribution in [-0.2, 0) is 16.0 Å². The molecular weight excluding hydrogens is 270 g/mol. The number of hydrogen-bond donors (Lipinski definition) is 1. The average Bonchev–Trinajstić information content (AvgIpc) is 2.50. The molecule has 5 nitrogen and oxygen atoms in total. The summed E-state index contributed by atoms with van der Waals surface area (Å²) >= 11 is 0. The fourth-order valence-corrected chi connectivity index (χ4v) is 2.23. The van der Waals surface area contributed by atoms with Crippen LogP contribution in [0.2, 0.25) is 0 Å². The highest BCUT2D eigenvalue weighted by atomic mass is 16.5. The molecule has 1 aromatic carbocycles. The van der Waals surface area contributed by atoms with Crippen molar-refractivity contribution in [3.8, 4) is 11.5 Å². The molecule has 1 atom stereocenters. The molecule has 1 aliphatic rings. The van der Waals surface area contributed by atoms with Gasteiger partial charge in [0.05, 0.1) is 19.8 Å². The predicted octanol–water partition coefficient (Wildman–Crippen LogP) is 1.79. The lowest BCUT2D eigenvalue weighted by molar-refractivity contribution is -0.127. The van der Waals surface area contributed by atoms with Gasteiger partial charge < -0.3 is 19.5 Å². The highest BCUT2D eigenvalue weighted by Crippen LogP contribution is 2.30. The lowest BCUT2D eigenvalue weighted by Gasteiger charge is -2.25. The van der Waals surface area contributed by atoms with E-state index >= 15 is 0 Å². The molecule has 1 aliphatic heterocycles. The molecule has 0 bridgehead atoms. The Balaban J connectivity index is 1.80. The van der Waals surface area contributed by atoms with Crippen molar-refractivity contribution in [2.75, 3.05) is 26.9 Å². The number of benzene rings is 1. The molecule has 0 fully saturated rings. The minimum atomic E-state index is -0.0794. The van der Waals surface area contributed by atoms with Crippen LogP contribution in [0.4, 0.5) is 0 Å². The third-order valence-electron chi connectivity index (χ3n) is 3.39. The molecule has 0 saturated heterocycles. The third-order valence-corrected chi connectivity index (χ3v) is 3.39. The van der Waals surface area contributed by atoms with Gasteiger partial charge in [-0.05, 0) is 31.9 Å². The number of nitrogens with one attached hydrogen (secondary N) is 1. The second-order valence-electron chi connectivity index (χ2n) is 5.52. The summed E-state index contributed by atoms with van der Waals surface area (Å²) in [5, 5.41) is 2.89. The standard InChI is InChI=1S/C16H23NO4/c1-11(2)20-10-16(18)17-8-12-6-13-4-5-14(19-3)7-15(13)21-9-12/h4-5,7,11-12H,6,8-10H2,1-3H3,(H,17,18)/t12-/m1/s1. The average molecular weight is 293 g/mol. The summed E-state index contributed by atoms with van der Waals surface area (Å²) in [7, 11) is 1.64. The first-order chi connectivity index (χ1) is 10.1. The number of amides is 1. The summed E-state index contributed by atoms with van der Waals surface area (Å²) in [4.78, 5) is 11.6. The Morgan fingerprint density at radius 1 is 1.48 bits per heavy atom. The van der Waals surface area contributed by atoms with Crippen LogP contribution < -0.4 is 14.8 Å². The summed E-state index contributed by atoms with van der Waals surface area (Å²) in [6.45, 7) is 5.14. The van der Waals surface area contributed by atoms with E-state index in [9.17, 15) is 4.79 Å². The van der Waals surface area contributed by atoms with Crippen molar-refractivity contribution >= 4 is 5.91 Å². The molecule has 0 aromatic heterocycles. The highest BCUT2D eigenvalue weighted by molar-refractivity contribution is 5.77. The second-order valence-corrected chi connectivity index (χ2v) is 5.52. The lowest BCUT2D eigenvalue weighted by Crippen LogP contribution is -2.36. The maximum absolute atomic E-state index is 11.6. The van der Waals surface area contributed by atoms with E-state index < -0.39 is 0 Å². The van der Waals surface area contributed by atoms with Crippen molar-refractivity contribution in [2.24, 2.45) is 5.92 Å². The van der Waals surface area contributed by atoms with Gasteiger partial charge in [-0.25, -0.2) is 0 Å². The molecule has 21 heavy (non-hydrogen) atoms. The Morgan fingerprint density at radius 2 is 2.29 bits per heavy atom. The molecule has 116 valence electrons. The Hall–Kier alpha value is -1.75. The SMILES string of the molecule is COc1ccc2c(c1)OC[C@@H](CNC(=O)COC(C)C)C2. The molecule has 1 heterocycles. The van der Waals surface area contributed by atoms with E-state index in [1.165, 1.54) is 0 Å². The van der Waals surface area contributed by atoms with Crippen molar-refractivity contribution in [3.63, 3.8) is 0 Å². The van der Waals surface area contributed by atoms with Gasteiger partial charge in [-0.15, -0.1) is 0 Å². The van der Waals surface area contributed by atoms with E-state index in [1.807, 2.05) is 32.0 Å². The number of fused-ring (bicyclic) bond motifs is 1. The van der Waals surface area contributed by atoms with Gasteiger partial charge in [-0.3, -0.25) is 4.79 Å². The van der Waals surface area contributed by atoms with Crippen molar-refractivity contribution in [1.82, 2.24) is 5.32 Å². The Bertz CT molecular complexity index is 487. The highest BCUT2D eigenvalue weighted by Gasteiger charge is 2.21. The maximum Gasteiger partial charge on any atom is 0.246 e. The zero-order valence-electron chi connectivity index (χ0n) is 12.8. The summed E-state index contributed by atoms with van der Waals surface area (Å²) in [6, 6.07) is 5.85. The number of ether oxygens (including phenoxy) is 3. The minimum Gasteiger partial charge on any atom is -0.497 e. The largest absolute Gasteiger partial charge is 0.497 e. The number of rotatable bonds is 6. The van der Waals surface area contributed by atoms with E-state index in [2.05, 4.69) is 5.32 Å². The number of methoxy groups -OCH3 is 1. The van der Waals surface area contributed by atoms with Crippen molar-refractivity contribution in [3.05, 3.63) is 23.8 Å². The topological polar surface area (TPSA) is 56.8 Å². The normalized spacial score (nSPS) is 17.0. The molecular formula is C16H23NO4. The quantitative estimate of drug-likeness (QED) is 0.869. The van der Waals surface area contributed by atoms with Crippen molar-refractivity contribution in [1.29, 1.82) is 0 Å². The van der Waals surface area contributed by atoms with Gasteiger partial charge in [0, 0.05) is 18.5 Å². The number of carbonyl (C=O) groups is 1. The van der Waals surface area contributed by atoms with Crippen molar-refractivity contribution in [2.45, 2.75) is 26.4 Å². The molecule has 0 radical (unpaired) electrons. The molecule has 1 amide bonds. The first kappa shape index (κ1) is 15.6. The summed E-state index contributed by atoms with van der Waals surface area (Å²) in [5.74, 6) is 1.88. The van der Waals surface area contributed by atoms with Gasteiger partial charge in [0.2, 0.25) is 5.91 Å². The summed E-state index contributed by atoms with van der Waals surface area (Å²) in [5.41, 5.74) is 1.15. The van der Waals surface area contributed by atoms with Gasteiger partial charge in [-0.1, -0.05) is 6.07 Å². The number of carbonyl (C=O) groups excluding carboxylic acids is 1. The fraction of sp³-hybridized carbons (Fsp3) is 0.562. The van der Waals surface area contributed by atoms with Crippen LogP contribution in [0.3, 0.4) is 0 Å². The van der Waals surface area contributed by atoms with Crippen LogP contribution in [0, 0.1) is 5.92 Å². The van der Waals surface area contributed by atoms with E-state index in [4.69, 9.17) is 14.2 Å². The van der Waals surface area contributed by atoms with Gasteiger partial charge in [0.15, 0.2) is 0 Å². The van der Waals surface area contributed by atoms with Gasteiger partial charge in [-0.2, -0.15) is 0 Å². The second kappa shape index (κ2) is 7.31. The van der Waals surface area contributed by atoms with E-state index in [1.54, 1.807) is 7.11 Å². The van der Waals surface area contributed by atoms with Crippen LogP contribution in [0.15, 0.2) is 18.2 Å². The molecule has 0 saturated carbocycles. The monoisotopic (exact) mass is 293 g/mol. The Labute approximate surface area is 125 Å². The first-order valence-electron chi connectivity index (χ1n) is 7.26. The zero-order valence-corrected chi connectivity index (χ0v) is 12.8. The fourth-order valence-electron chi connectivity index (χ4n) is 2.23. The molecule has 1 aromatic rings. The van der Waals surface area contributed by atoms with E-state index in [-0.39, 0.29) is 24.5 Å². The predicted molar refractivity (Wildman–Crippen MR) is 79.8 cm³/mol. The smallest absolute Gasteiger partial charge is 0.246 e. The summed E-state index contributed by atoms with van der Waals surface area (Å²) in [6.07, 6.45) is 0.959. The molecule has 0 spiro atoms. The molecule has 0 aliphatic carbocycles. The van der Waals surface area contributed by atoms with Gasteiger partial charge >= 0.3 is 0 Å². The van der Waals surface area contributed by atoms with E-state index in [0.29, 0.717) is 13.2 Å². The molecule has 0 unspecified atom stereocenters. The van der Waals surface area contributed by atoms with Crippen LogP contribution in [0.1, 0.15) is 19.4 Å². The first-order valence-corrected chi connectivity index (χ1v) is 7.26. The Kier molecular flexibility index (Phi) is 5.44.